The quantitative estimate of drug-likeness (QED) is 0.709. The van der Waals surface area contributed by atoms with E-state index in [-0.39, 0.29) is 5.56 Å². The standard InChI is InChI=1S/C18H17F2N3O/c1-23-18-15(16(22-23)11-3-4-11)13(17(19)20)9-14(21-18)10-5-7-12(24-2)8-6-10/h5-9,11,17H,3-4H2,1-2H3. The molecule has 0 atom stereocenters. The van der Waals surface area contributed by atoms with Gasteiger partial charge >= 0.3 is 0 Å². The van der Waals surface area contributed by atoms with Crippen LogP contribution in [-0.4, -0.2) is 21.9 Å². The maximum absolute atomic E-state index is 13.7. The SMILES string of the molecule is COc1ccc(-c2cc(C(F)F)c3c(C4CC4)nn(C)c3n2)cc1. The van der Waals surface area contributed by atoms with E-state index in [0.29, 0.717) is 28.4 Å². The molecule has 4 rings (SSSR count). The lowest BCUT2D eigenvalue weighted by molar-refractivity contribution is 0.153. The highest BCUT2D eigenvalue weighted by Gasteiger charge is 2.32. The first-order valence-corrected chi connectivity index (χ1v) is 7.88. The van der Waals surface area contributed by atoms with Crippen LogP contribution in [0.1, 0.15) is 36.4 Å². The van der Waals surface area contributed by atoms with E-state index in [1.165, 1.54) is 6.07 Å². The molecule has 2 aromatic heterocycles. The van der Waals surface area contributed by atoms with Crippen LogP contribution < -0.4 is 4.74 Å². The highest BCUT2D eigenvalue weighted by atomic mass is 19.3. The Balaban J connectivity index is 1.92. The molecule has 0 amide bonds. The normalized spacial score (nSPS) is 14.5. The molecule has 24 heavy (non-hydrogen) atoms. The molecule has 0 saturated heterocycles. The Morgan fingerprint density at radius 2 is 1.92 bits per heavy atom. The summed E-state index contributed by atoms with van der Waals surface area (Å²) in [4.78, 5) is 4.60. The van der Waals surface area contributed by atoms with Gasteiger partial charge in [0.25, 0.3) is 6.43 Å². The molecule has 0 unspecified atom stereocenters. The molecule has 1 saturated carbocycles. The van der Waals surface area contributed by atoms with Crippen LogP contribution in [0.15, 0.2) is 30.3 Å². The van der Waals surface area contributed by atoms with E-state index in [0.717, 1.165) is 24.1 Å². The van der Waals surface area contributed by atoms with Gasteiger partial charge < -0.3 is 4.74 Å². The first kappa shape index (κ1) is 15.1. The third-order valence-electron chi connectivity index (χ3n) is 4.44. The molecule has 1 aliphatic carbocycles. The highest BCUT2D eigenvalue weighted by molar-refractivity contribution is 5.86. The Bertz CT molecular complexity index is 899. The summed E-state index contributed by atoms with van der Waals surface area (Å²) in [6, 6.07) is 8.72. The van der Waals surface area contributed by atoms with Crippen molar-refractivity contribution in [3.05, 3.63) is 41.6 Å². The van der Waals surface area contributed by atoms with Crippen LogP contribution in [0.4, 0.5) is 8.78 Å². The first-order valence-electron chi connectivity index (χ1n) is 7.88. The van der Waals surface area contributed by atoms with Crippen LogP contribution in [0.2, 0.25) is 0 Å². The van der Waals surface area contributed by atoms with Gasteiger partial charge in [-0.15, -0.1) is 0 Å². The van der Waals surface area contributed by atoms with Crippen LogP contribution in [0, 0.1) is 0 Å². The molecule has 0 radical (unpaired) electrons. The molecule has 3 aromatic rings. The van der Waals surface area contributed by atoms with Gasteiger partial charge in [-0.2, -0.15) is 5.10 Å². The van der Waals surface area contributed by atoms with E-state index in [1.807, 2.05) is 12.1 Å². The van der Waals surface area contributed by atoms with Gasteiger partial charge in [0.05, 0.1) is 23.9 Å². The van der Waals surface area contributed by atoms with E-state index in [4.69, 9.17) is 4.74 Å². The minimum atomic E-state index is -2.56. The third-order valence-corrected chi connectivity index (χ3v) is 4.44. The molecule has 0 bridgehead atoms. The number of benzene rings is 1. The Labute approximate surface area is 138 Å². The van der Waals surface area contributed by atoms with E-state index < -0.39 is 6.43 Å². The number of aryl methyl sites for hydroxylation is 1. The monoisotopic (exact) mass is 329 g/mol. The second-order valence-electron chi connectivity index (χ2n) is 6.11. The number of pyridine rings is 1. The van der Waals surface area contributed by atoms with Gasteiger partial charge in [0.1, 0.15) is 5.75 Å². The van der Waals surface area contributed by atoms with Gasteiger partial charge in [-0.05, 0) is 43.2 Å². The largest absolute Gasteiger partial charge is 0.497 e. The van der Waals surface area contributed by atoms with Gasteiger partial charge in [-0.3, -0.25) is 4.68 Å². The maximum atomic E-state index is 13.7. The molecular weight excluding hydrogens is 312 g/mol. The number of methoxy groups -OCH3 is 1. The van der Waals surface area contributed by atoms with Crippen molar-refractivity contribution in [2.24, 2.45) is 7.05 Å². The van der Waals surface area contributed by atoms with Crippen molar-refractivity contribution in [3.8, 4) is 17.0 Å². The fourth-order valence-corrected chi connectivity index (χ4v) is 3.03. The second-order valence-corrected chi connectivity index (χ2v) is 6.11. The Hall–Kier alpha value is -2.50. The molecule has 124 valence electrons. The Morgan fingerprint density at radius 3 is 2.50 bits per heavy atom. The van der Waals surface area contributed by atoms with Crippen LogP contribution >= 0.6 is 0 Å². The molecule has 4 nitrogen and oxygen atoms in total. The summed E-state index contributed by atoms with van der Waals surface area (Å²) >= 11 is 0. The van der Waals surface area contributed by atoms with Gasteiger partial charge in [-0.1, -0.05) is 0 Å². The summed E-state index contributed by atoms with van der Waals surface area (Å²) in [5.74, 6) is 1.00. The molecule has 1 aromatic carbocycles. The number of halogens is 2. The average Bonchev–Trinajstić information content (AvgIpc) is 3.38. The van der Waals surface area contributed by atoms with Crippen molar-refractivity contribution >= 4 is 11.0 Å². The van der Waals surface area contributed by atoms with Gasteiger partial charge in [-0.25, -0.2) is 13.8 Å². The summed E-state index contributed by atoms with van der Waals surface area (Å²) in [7, 11) is 3.34. The number of fused-ring (bicyclic) bond motifs is 1. The van der Waals surface area contributed by atoms with Crippen molar-refractivity contribution in [2.45, 2.75) is 25.2 Å². The zero-order chi connectivity index (χ0) is 16.8. The maximum Gasteiger partial charge on any atom is 0.264 e. The van der Waals surface area contributed by atoms with Crippen molar-refractivity contribution < 1.29 is 13.5 Å². The van der Waals surface area contributed by atoms with Crippen LogP contribution in [0.3, 0.4) is 0 Å². The molecule has 1 aliphatic rings. The number of aromatic nitrogens is 3. The zero-order valence-electron chi connectivity index (χ0n) is 13.5. The van der Waals surface area contributed by atoms with Gasteiger partial charge in [0, 0.05) is 24.1 Å². The smallest absolute Gasteiger partial charge is 0.264 e. The molecule has 2 heterocycles. The molecule has 6 heteroatoms. The lowest BCUT2D eigenvalue weighted by Crippen LogP contribution is -1.96. The minimum absolute atomic E-state index is 0.0146. The third kappa shape index (κ3) is 2.42. The number of hydrogen-bond donors (Lipinski definition) is 0. The number of alkyl halides is 2. The molecule has 0 aliphatic heterocycles. The lowest BCUT2D eigenvalue weighted by atomic mass is 10.0. The van der Waals surface area contributed by atoms with Crippen molar-refractivity contribution in [1.82, 2.24) is 14.8 Å². The number of nitrogens with zero attached hydrogens (tertiary/aromatic N) is 3. The van der Waals surface area contributed by atoms with Crippen molar-refractivity contribution in [1.29, 1.82) is 0 Å². The van der Waals surface area contributed by atoms with Crippen LogP contribution in [0.25, 0.3) is 22.3 Å². The predicted molar refractivity (Wildman–Crippen MR) is 87.4 cm³/mol. The average molecular weight is 329 g/mol. The fraction of sp³-hybridized carbons (Fsp3) is 0.333. The highest BCUT2D eigenvalue weighted by Crippen LogP contribution is 2.44. The summed E-state index contributed by atoms with van der Waals surface area (Å²) in [6.45, 7) is 0. The van der Waals surface area contributed by atoms with Gasteiger partial charge in [0.2, 0.25) is 0 Å². The van der Waals surface area contributed by atoms with Crippen molar-refractivity contribution in [2.75, 3.05) is 7.11 Å². The van der Waals surface area contributed by atoms with Crippen molar-refractivity contribution in [3.63, 3.8) is 0 Å². The number of hydrogen-bond acceptors (Lipinski definition) is 3. The predicted octanol–water partition coefficient (Wildman–Crippen LogP) is 4.46. The molecule has 0 N–H and O–H groups in total. The molecule has 0 spiro atoms. The van der Waals surface area contributed by atoms with Gasteiger partial charge in [0.15, 0.2) is 5.65 Å². The summed E-state index contributed by atoms with van der Waals surface area (Å²) in [5.41, 5.74) is 2.58. The number of ether oxygens (including phenoxy) is 1. The van der Waals surface area contributed by atoms with E-state index >= 15 is 0 Å². The van der Waals surface area contributed by atoms with E-state index in [1.54, 1.807) is 31.0 Å². The molecular formula is C18H17F2N3O. The summed E-state index contributed by atoms with van der Waals surface area (Å²) in [6.07, 6.45) is -0.543. The van der Waals surface area contributed by atoms with Crippen LogP contribution in [0.5, 0.6) is 5.75 Å². The fourth-order valence-electron chi connectivity index (χ4n) is 3.03. The molecule has 1 fully saturated rings. The van der Waals surface area contributed by atoms with Crippen LogP contribution in [-0.2, 0) is 7.05 Å². The Kier molecular flexibility index (Phi) is 3.48. The van der Waals surface area contributed by atoms with E-state index in [9.17, 15) is 8.78 Å². The summed E-state index contributed by atoms with van der Waals surface area (Å²) in [5, 5.41) is 4.98. The summed E-state index contributed by atoms with van der Waals surface area (Å²) < 4.78 is 34.2. The number of rotatable bonds is 4. The minimum Gasteiger partial charge on any atom is -0.497 e. The lowest BCUT2D eigenvalue weighted by Gasteiger charge is -2.08. The first-order chi connectivity index (χ1) is 11.6. The zero-order valence-corrected chi connectivity index (χ0v) is 13.5. The van der Waals surface area contributed by atoms with E-state index in [2.05, 4.69) is 10.1 Å². The topological polar surface area (TPSA) is 39.9 Å². The second kappa shape index (κ2) is 5.54. The Morgan fingerprint density at radius 1 is 1.21 bits per heavy atom.